The van der Waals surface area contributed by atoms with Gasteiger partial charge in [0, 0.05) is 19.3 Å². The molecule has 0 spiro atoms. The highest BCUT2D eigenvalue weighted by Crippen LogP contribution is 2.19. The van der Waals surface area contributed by atoms with Gasteiger partial charge >= 0.3 is 17.9 Å². The molecule has 0 saturated carbocycles. The third-order valence-corrected chi connectivity index (χ3v) is 16.5. The largest absolute Gasteiger partial charge is 0.462 e. The van der Waals surface area contributed by atoms with Gasteiger partial charge in [-0.15, -0.1) is 0 Å². The Morgan fingerprint density at radius 1 is 0.253 bits per heavy atom. The molecule has 0 aliphatic heterocycles. The average Bonchev–Trinajstić information content (AvgIpc) is 3.49. The van der Waals surface area contributed by atoms with Crippen LogP contribution in [0.2, 0.25) is 0 Å². The number of ether oxygens (including phenoxy) is 3. The van der Waals surface area contributed by atoms with Crippen LogP contribution in [0.15, 0.2) is 60.8 Å². The smallest absolute Gasteiger partial charge is 0.306 e. The molecule has 484 valence electrons. The first-order chi connectivity index (χ1) is 41.0. The molecule has 0 radical (unpaired) electrons. The fourth-order valence-electron chi connectivity index (χ4n) is 11.0. The molecule has 0 N–H and O–H groups in total. The van der Waals surface area contributed by atoms with Crippen LogP contribution in [-0.4, -0.2) is 37.2 Å². The molecular formula is C77H140O6. The van der Waals surface area contributed by atoms with Gasteiger partial charge in [0.25, 0.3) is 0 Å². The van der Waals surface area contributed by atoms with E-state index in [4.69, 9.17) is 14.2 Å². The summed E-state index contributed by atoms with van der Waals surface area (Å²) in [5, 5.41) is 0. The standard InChI is InChI=1S/C77H140O6/c1-4-7-10-13-16-19-22-25-28-31-34-36-37-38-39-41-43-46-49-52-55-58-61-64-67-70-76(79)82-73-74(72-81-75(78)69-66-63-60-57-54-51-48-45-42-33-30-27-24-21-18-15-12-9-6-3)83-77(80)71-68-65-62-59-56-53-50-47-44-40-35-32-29-26-23-20-17-14-11-8-5-2/h9,12,18,21,27,30,32,35,42,45,74H,4-8,10-11,13-17,19-20,22-26,28-29,31,33-34,36-41,43-44,46-73H2,1-3H3/b12-9-,21-18-,30-27-,35-32-,45-42-. The Hall–Kier alpha value is -2.89. The van der Waals surface area contributed by atoms with Gasteiger partial charge < -0.3 is 14.2 Å². The van der Waals surface area contributed by atoms with Crippen molar-refractivity contribution in [1.29, 1.82) is 0 Å². The molecule has 0 heterocycles. The van der Waals surface area contributed by atoms with Crippen molar-refractivity contribution in [3.05, 3.63) is 60.8 Å². The van der Waals surface area contributed by atoms with E-state index in [9.17, 15) is 14.4 Å². The number of esters is 3. The molecule has 0 aliphatic rings. The molecule has 0 aliphatic carbocycles. The SMILES string of the molecule is CC/C=C\C/C=C\C/C=C\C/C=C\CCCCCCCCC(=O)OCC(COC(=O)CCCCCCCCCCCCCCCCCCCCCCCCCCC)OC(=O)CCCCCCCCCCC/C=C\CCCCCCCCCC. The Bertz CT molecular complexity index is 1470. The third kappa shape index (κ3) is 69.8. The molecule has 1 atom stereocenters. The fraction of sp³-hybridized carbons (Fsp3) is 0.831. The second-order valence-corrected chi connectivity index (χ2v) is 24.8. The van der Waals surface area contributed by atoms with E-state index < -0.39 is 6.10 Å². The maximum absolute atomic E-state index is 13.0. The van der Waals surface area contributed by atoms with Gasteiger partial charge in [0.1, 0.15) is 13.2 Å². The molecule has 0 fully saturated rings. The van der Waals surface area contributed by atoms with Crippen LogP contribution in [0.25, 0.3) is 0 Å². The van der Waals surface area contributed by atoms with E-state index in [0.717, 1.165) is 89.9 Å². The Labute approximate surface area is 517 Å². The fourth-order valence-corrected chi connectivity index (χ4v) is 11.0. The molecule has 1 unspecified atom stereocenters. The molecule has 0 amide bonds. The van der Waals surface area contributed by atoms with Crippen LogP contribution < -0.4 is 0 Å². The highest BCUT2D eigenvalue weighted by molar-refractivity contribution is 5.71. The van der Waals surface area contributed by atoms with E-state index in [0.29, 0.717) is 19.3 Å². The number of carbonyl (C=O) groups excluding carboxylic acids is 3. The first-order valence-electron chi connectivity index (χ1n) is 36.8. The van der Waals surface area contributed by atoms with Crippen LogP contribution in [0, 0.1) is 0 Å². The minimum absolute atomic E-state index is 0.0756. The van der Waals surface area contributed by atoms with Crippen LogP contribution >= 0.6 is 0 Å². The molecule has 83 heavy (non-hydrogen) atoms. The lowest BCUT2D eigenvalue weighted by molar-refractivity contribution is -0.167. The lowest BCUT2D eigenvalue weighted by Crippen LogP contribution is -2.30. The first kappa shape index (κ1) is 80.1. The van der Waals surface area contributed by atoms with Gasteiger partial charge in [-0.05, 0) is 83.5 Å². The van der Waals surface area contributed by atoms with Gasteiger partial charge in [-0.2, -0.15) is 0 Å². The van der Waals surface area contributed by atoms with Crippen LogP contribution in [0.1, 0.15) is 393 Å². The summed E-state index contributed by atoms with van der Waals surface area (Å²) in [6, 6.07) is 0. The lowest BCUT2D eigenvalue weighted by atomic mass is 10.0. The van der Waals surface area contributed by atoms with Crippen molar-refractivity contribution in [2.24, 2.45) is 0 Å². The summed E-state index contributed by atoms with van der Waals surface area (Å²) in [5.74, 6) is -0.865. The normalized spacial score (nSPS) is 12.4. The van der Waals surface area contributed by atoms with Crippen molar-refractivity contribution in [3.63, 3.8) is 0 Å². The summed E-state index contributed by atoms with van der Waals surface area (Å²) in [7, 11) is 0. The second-order valence-electron chi connectivity index (χ2n) is 24.8. The molecular weight excluding hydrogens is 1020 g/mol. The summed E-state index contributed by atoms with van der Waals surface area (Å²) in [6.45, 7) is 6.59. The third-order valence-electron chi connectivity index (χ3n) is 16.5. The van der Waals surface area contributed by atoms with Crippen LogP contribution in [-0.2, 0) is 28.6 Å². The van der Waals surface area contributed by atoms with E-state index in [2.05, 4.69) is 81.5 Å². The highest BCUT2D eigenvalue weighted by atomic mass is 16.6. The number of rotatable bonds is 68. The van der Waals surface area contributed by atoms with Crippen LogP contribution in [0.5, 0.6) is 0 Å². The molecule has 0 aromatic heterocycles. The molecule has 6 nitrogen and oxygen atoms in total. The number of carbonyl (C=O) groups is 3. The predicted molar refractivity (Wildman–Crippen MR) is 362 cm³/mol. The summed E-state index contributed by atoms with van der Waals surface area (Å²) in [4.78, 5) is 38.5. The summed E-state index contributed by atoms with van der Waals surface area (Å²) < 4.78 is 17.0. The van der Waals surface area contributed by atoms with E-state index in [1.807, 2.05) is 0 Å². The molecule has 6 heteroatoms. The quantitative estimate of drug-likeness (QED) is 0.0261. The lowest BCUT2D eigenvalue weighted by Gasteiger charge is -2.18. The van der Waals surface area contributed by atoms with Gasteiger partial charge in [-0.25, -0.2) is 0 Å². The number of allylic oxidation sites excluding steroid dienone is 10. The molecule has 0 aromatic carbocycles. The van der Waals surface area contributed by atoms with Gasteiger partial charge in [0.15, 0.2) is 6.10 Å². The summed E-state index contributed by atoms with van der Waals surface area (Å²) in [5.41, 5.74) is 0. The summed E-state index contributed by atoms with van der Waals surface area (Å²) in [6.07, 6.45) is 92.5. The number of hydrogen-bond acceptors (Lipinski definition) is 6. The van der Waals surface area contributed by atoms with Crippen molar-refractivity contribution in [3.8, 4) is 0 Å². The van der Waals surface area contributed by atoms with Crippen molar-refractivity contribution in [2.45, 2.75) is 399 Å². The van der Waals surface area contributed by atoms with Gasteiger partial charge in [-0.1, -0.05) is 351 Å². The predicted octanol–water partition coefficient (Wildman–Crippen LogP) is 25.5. The topological polar surface area (TPSA) is 78.9 Å². The van der Waals surface area contributed by atoms with Gasteiger partial charge in [0.2, 0.25) is 0 Å². The van der Waals surface area contributed by atoms with E-state index in [-0.39, 0.29) is 31.1 Å². The Kier molecular flexibility index (Phi) is 69.1. The zero-order valence-corrected chi connectivity index (χ0v) is 55.7. The number of unbranched alkanes of at least 4 members (excludes halogenated alkanes) is 47. The number of hydrogen-bond donors (Lipinski definition) is 0. The monoisotopic (exact) mass is 1160 g/mol. The van der Waals surface area contributed by atoms with E-state index >= 15 is 0 Å². The Balaban J connectivity index is 4.32. The van der Waals surface area contributed by atoms with Crippen molar-refractivity contribution < 1.29 is 28.6 Å². The zero-order valence-electron chi connectivity index (χ0n) is 55.7. The van der Waals surface area contributed by atoms with Gasteiger partial charge in [0.05, 0.1) is 0 Å². The van der Waals surface area contributed by atoms with Crippen LogP contribution in [0.4, 0.5) is 0 Å². The minimum Gasteiger partial charge on any atom is -0.462 e. The first-order valence-corrected chi connectivity index (χ1v) is 36.8. The Morgan fingerprint density at radius 3 is 0.747 bits per heavy atom. The minimum atomic E-state index is -0.782. The average molecular weight is 1160 g/mol. The zero-order chi connectivity index (χ0) is 59.9. The Morgan fingerprint density at radius 2 is 0.470 bits per heavy atom. The van der Waals surface area contributed by atoms with Crippen molar-refractivity contribution >= 4 is 17.9 Å². The van der Waals surface area contributed by atoms with Crippen molar-refractivity contribution in [2.75, 3.05) is 13.2 Å². The molecule has 0 rings (SSSR count). The highest BCUT2D eigenvalue weighted by Gasteiger charge is 2.19. The summed E-state index contributed by atoms with van der Waals surface area (Å²) >= 11 is 0. The maximum atomic E-state index is 13.0. The molecule has 0 saturated heterocycles. The van der Waals surface area contributed by atoms with E-state index in [1.165, 1.54) is 263 Å². The molecule has 0 bridgehead atoms. The van der Waals surface area contributed by atoms with Crippen molar-refractivity contribution in [1.82, 2.24) is 0 Å². The second kappa shape index (κ2) is 71.6. The van der Waals surface area contributed by atoms with Gasteiger partial charge in [-0.3, -0.25) is 14.4 Å². The van der Waals surface area contributed by atoms with Crippen LogP contribution in [0.3, 0.4) is 0 Å². The maximum Gasteiger partial charge on any atom is 0.306 e. The molecule has 0 aromatic rings. The van der Waals surface area contributed by atoms with E-state index in [1.54, 1.807) is 0 Å².